The Hall–Kier alpha value is -3.32. The van der Waals surface area contributed by atoms with Crippen LogP contribution in [0.2, 0.25) is 10.0 Å². The van der Waals surface area contributed by atoms with Gasteiger partial charge in [0.05, 0.1) is 15.6 Å². The lowest BCUT2D eigenvalue weighted by molar-refractivity contribution is -0.384. The van der Waals surface area contributed by atoms with Gasteiger partial charge in [-0.15, -0.1) is 0 Å². The second kappa shape index (κ2) is 11.2. The number of benzene rings is 4. The molecule has 0 unspecified atom stereocenters. The molecule has 8 heteroatoms. The standard InChI is InChI=1S/C26H23Cl2N3O3/c27-23-8-4-2-6-19(23)17-34-26-12-9-18-5-1-3-7-21(18)22(26)16-29-13-14-30-25-11-10-20(31(32)33)15-24(25)28/h1-12,15,29-30H,13-14,16-17H2. The minimum atomic E-state index is -0.465. The summed E-state index contributed by atoms with van der Waals surface area (Å²) in [6, 6.07) is 24.3. The molecule has 0 bridgehead atoms. The van der Waals surface area contributed by atoms with Crippen molar-refractivity contribution in [3.8, 4) is 5.75 Å². The van der Waals surface area contributed by atoms with Crippen LogP contribution < -0.4 is 15.4 Å². The van der Waals surface area contributed by atoms with E-state index in [9.17, 15) is 10.1 Å². The van der Waals surface area contributed by atoms with Gasteiger partial charge in [-0.2, -0.15) is 0 Å². The molecule has 4 aromatic carbocycles. The third-order valence-electron chi connectivity index (χ3n) is 5.42. The van der Waals surface area contributed by atoms with Gasteiger partial charge >= 0.3 is 0 Å². The molecule has 4 rings (SSSR count). The number of nitro groups is 1. The summed E-state index contributed by atoms with van der Waals surface area (Å²) in [6.07, 6.45) is 0. The molecule has 0 aliphatic rings. The SMILES string of the molecule is O=[N+]([O-])c1ccc(NCCNCc2c(OCc3ccccc3Cl)ccc3ccccc23)c(Cl)c1. The highest BCUT2D eigenvalue weighted by Gasteiger charge is 2.11. The van der Waals surface area contributed by atoms with Crippen molar-refractivity contribution in [2.45, 2.75) is 13.2 Å². The monoisotopic (exact) mass is 495 g/mol. The predicted octanol–water partition coefficient (Wildman–Crippen LogP) is 6.84. The molecule has 4 aromatic rings. The van der Waals surface area contributed by atoms with Gasteiger partial charge in [0.15, 0.2) is 0 Å². The summed E-state index contributed by atoms with van der Waals surface area (Å²) in [5.41, 5.74) is 2.62. The molecule has 0 saturated carbocycles. The average molecular weight is 496 g/mol. The van der Waals surface area contributed by atoms with Gasteiger partial charge in [0.25, 0.3) is 5.69 Å². The lowest BCUT2D eigenvalue weighted by Gasteiger charge is -2.16. The van der Waals surface area contributed by atoms with E-state index in [1.54, 1.807) is 6.07 Å². The molecule has 0 aromatic heterocycles. The Morgan fingerprint density at radius 3 is 2.47 bits per heavy atom. The van der Waals surface area contributed by atoms with Crippen molar-refractivity contribution in [2.24, 2.45) is 0 Å². The number of rotatable bonds is 10. The first-order valence-corrected chi connectivity index (χ1v) is 11.5. The van der Waals surface area contributed by atoms with E-state index in [1.165, 1.54) is 12.1 Å². The van der Waals surface area contributed by atoms with Crippen LogP contribution in [0.3, 0.4) is 0 Å². The molecule has 0 saturated heterocycles. The van der Waals surface area contributed by atoms with Gasteiger partial charge in [0.1, 0.15) is 12.4 Å². The van der Waals surface area contributed by atoms with Gasteiger partial charge < -0.3 is 15.4 Å². The van der Waals surface area contributed by atoms with Crippen LogP contribution >= 0.6 is 23.2 Å². The molecule has 0 atom stereocenters. The smallest absolute Gasteiger partial charge is 0.271 e. The highest BCUT2D eigenvalue weighted by atomic mass is 35.5. The number of nitrogens with zero attached hydrogens (tertiary/aromatic N) is 1. The molecule has 0 heterocycles. The van der Waals surface area contributed by atoms with Gasteiger partial charge in [-0.25, -0.2) is 0 Å². The molecular weight excluding hydrogens is 473 g/mol. The summed E-state index contributed by atoms with van der Waals surface area (Å²) in [4.78, 5) is 10.4. The maximum atomic E-state index is 10.9. The van der Waals surface area contributed by atoms with Crippen molar-refractivity contribution in [3.63, 3.8) is 0 Å². The van der Waals surface area contributed by atoms with E-state index in [2.05, 4.69) is 28.8 Å². The molecule has 0 aliphatic heterocycles. The topological polar surface area (TPSA) is 76.4 Å². The molecular formula is C26H23Cl2N3O3. The van der Waals surface area contributed by atoms with Gasteiger partial charge in [0, 0.05) is 47.9 Å². The second-order valence-electron chi connectivity index (χ2n) is 7.67. The first-order chi connectivity index (χ1) is 16.5. The molecule has 0 fully saturated rings. The first kappa shape index (κ1) is 23.8. The second-order valence-corrected chi connectivity index (χ2v) is 8.48. The number of anilines is 1. The van der Waals surface area contributed by atoms with E-state index in [4.69, 9.17) is 27.9 Å². The molecule has 0 radical (unpaired) electrons. The van der Waals surface area contributed by atoms with E-state index in [0.717, 1.165) is 27.6 Å². The van der Waals surface area contributed by atoms with E-state index in [1.807, 2.05) is 42.5 Å². The summed E-state index contributed by atoms with van der Waals surface area (Å²) in [6.45, 7) is 2.23. The quantitative estimate of drug-likeness (QED) is 0.143. The highest BCUT2D eigenvalue weighted by molar-refractivity contribution is 6.33. The third-order valence-corrected chi connectivity index (χ3v) is 6.10. The zero-order valence-corrected chi connectivity index (χ0v) is 19.8. The lowest BCUT2D eigenvalue weighted by atomic mass is 10.0. The maximum absolute atomic E-state index is 10.9. The zero-order chi connectivity index (χ0) is 23.9. The van der Waals surface area contributed by atoms with Crippen LogP contribution in [0.15, 0.2) is 78.9 Å². The van der Waals surface area contributed by atoms with Crippen molar-refractivity contribution < 1.29 is 9.66 Å². The molecule has 0 spiro atoms. The average Bonchev–Trinajstić information content (AvgIpc) is 2.84. The number of non-ortho nitro benzene ring substituents is 1. The Kier molecular flexibility index (Phi) is 7.85. The molecule has 0 amide bonds. The number of halogens is 2. The summed E-state index contributed by atoms with van der Waals surface area (Å²) in [5, 5.41) is 20.8. The van der Waals surface area contributed by atoms with Crippen molar-refractivity contribution >= 4 is 45.3 Å². The number of hydrogen-bond acceptors (Lipinski definition) is 5. The minimum absolute atomic E-state index is 0.0334. The van der Waals surface area contributed by atoms with E-state index < -0.39 is 4.92 Å². The lowest BCUT2D eigenvalue weighted by Crippen LogP contribution is -2.22. The largest absolute Gasteiger partial charge is 0.488 e. The molecule has 2 N–H and O–H groups in total. The number of hydrogen-bond donors (Lipinski definition) is 2. The van der Waals surface area contributed by atoms with Crippen molar-refractivity contribution in [1.29, 1.82) is 0 Å². The Bertz CT molecular complexity index is 1310. The Morgan fingerprint density at radius 2 is 1.68 bits per heavy atom. The molecule has 174 valence electrons. The number of ether oxygens (including phenoxy) is 1. The normalized spacial score (nSPS) is 10.9. The van der Waals surface area contributed by atoms with Crippen LogP contribution in [0.25, 0.3) is 10.8 Å². The van der Waals surface area contributed by atoms with Crippen LogP contribution in [0.4, 0.5) is 11.4 Å². The molecule has 0 aliphatic carbocycles. The third kappa shape index (κ3) is 5.78. The van der Waals surface area contributed by atoms with E-state index >= 15 is 0 Å². The summed E-state index contributed by atoms with van der Waals surface area (Å²) < 4.78 is 6.17. The molecule has 34 heavy (non-hydrogen) atoms. The Morgan fingerprint density at radius 1 is 0.882 bits per heavy atom. The maximum Gasteiger partial charge on any atom is 0.271 e. The van der Waals surface area contributed by atoms with E-state index in [-0.39, 0.29) is 5.69 Å². The Balaban J connectivity index is 1.41. The first-order valence-electron chi connectivity index (χ1n) is 10.8. The molecule has 6 nitrogen and oxygen atoms in total. The zero-order valence-electron chi connectivity index (χ0n) is 18.3. The van der Waals surface area contributed by atoms with Gasteiger partial charge in [-0.1, -0.05) is 71.7 Å². The van der Waals surface area contributed by atoms with Gasteiger partial charge in [-0.3, -0.25) is 10.1 Å². The highest BCUT2D eigenvalue weighted by Crippen LogP contribution is 2.30. The fraction of sp³-hybridized carbons (Fsp3) is 0.154. The van der Waals surface area contributed by atoms with Crippen LogP contribution in [-0.4, -0.2) is 18.0 Å². The van der Waals surface area contributed by atoms with Crippen molar-refractivity contribution in [3.05, 3.63) is 110 Å². The summed E-state index contributed by atoms with van der Waals surface area (Å²) in [5.74, 6) is 0.803. The minimum Gasteiger partial charge on any atom is -0.488 e. The van der Waals surface area contributed by atoms with Gasteiger partial charge in [0.2, 0.25) is 0 Å². The van der Waals surface area contributed by atoms with Gasteiger partial charge in [-0.05, 0) is 29.0 Å². The van der Waals surface area contributed by atoms with E-state index in [0.29, 0.717) is 42.0 Å². The fourth-order valence-corrected chi connectivity index (χ4v) is 4.10. The summed E-state index contributed by atoms with van der Waals surface area (Å²) in [7, 11) is 0. The number of fused-ring (bicyclic) bond motifs is 1. The van der Waals surface area contributed by atoms with Crippen molar-refractivity contribution in [2.75, 3.05) is 18.4 Å². The number of nitro benzene ring substituents is 1. The van der Waals surface area contributed by atoms with Crippen molar-refractivity contribution in [1.82, 2.24) is 5.32 Å². The van der Waals surface area contributed by atoms with Crippen LogP contribution in [0.1, 0.15) is 11.1 Å². The summed E-state index contributed by atoms with van der Waals surface area (Å²) >= 11 is 12.4. The Labute approximate surface area is 207 Å². The predicted molar refractivity (Wildman–Crippen MR) is 138 cm³/mol. The van der Waals surface area contributed by atoms with Crippen LogP contribution in [0.5, 0.6) is 5.75 Å². The number of nitrogens with one attached hydrogen (secondary N) is 2. The van der Waals surface area contributed by atoms with Crippen LogP contribution in [-0.2, 0) is 13.2 Å². The van der Waals surface area contributed by atoms with Crippen LogP contribution in [0, 0.1) is 10.1 Å². The fourth-order valence-electron chi connectivity index (χ4n) is 3.66.